The predicted molar refractivity (Wildman–Crippen MR) is 84.5 cm³/mol. The Kier molecular flexibility index (Phi) is 3.21. The summed E-state index contributed by atoms with van der Waals surface area (Å²) in [6.45, 7) is 4.17. The molecule has 3 unspecified atom stereocenters. The summed E-state index contributed by atoms with van der Waals surface area (Å²) in [6, 6.07) is 0. The lowest BCUT2D eigenvalue weighted by Gasteiger charge is -2.56. The monoisotopic (exact) mass is 318 g/mol. The summed E-state index contributed by atoms with van der Waals surface area (Å²) in [6.07, 6.45) is 4.81. The zero-order valence-corrected chi connectivity index (χ0v) is 13.9. The molecule has 4 aliphatic rings. The largest absolute Gasteiger partial charge is 0.393 e. The van der Waals surface area contributed by atoms with Crippen LogP contribution in [-0.2, 0) is 9.59 Å². The second-order valence-corrected chi connectivity index (χ2v) is 8.69. The van der Waals surface area contributed by atoms with Crippen molar-refractivity contribution in [2.45, 2.75) is 64.6 Å². The van der Waals surface area contributed by atoms with E-state index < -0.39 is 11.5 Å². The van der Waals surface area contributed by atoms with Crippen molar-refractivity contribution in [3.63, 3.8) is 0 Å². The van der Waals surface area contributed by atoms with Gasteiger partial charge in [0.25, 0.3) is 0 Å². The molecule has 126 valence electrons. The molecule has 4 rings (SSSR count). The first-order chi connectivity index (χ1) is 10.8. The van der Waals surface area contributed by atoms with Crippen LogP contribution in [0.4, 0.5) is 0 Å². The Morgan fingerprint density at radius 3 is 2.48 bits per heavy atom. The number of carbonyl (C=O) groups excluding carboxylic acids is 2. The molecule has 0 aromatic carbocycles. The van der Waals surface area contributed by atoms with Gasteiger partial charge in [0, 0.05) is 23.7 Å². The van der Waals surface area contributed by atoms with Crippen LogP contribution in [0.25, 0.3) is 0 Å². The van der Waals surface area contributed by atoms with Gasteiger partial charge in [-0.15, -0.1) is 0 Å². The van der Waals surface area contributed by atoms with E-state index in [4.69, 9.17) is 0 Å². The molecule has 4 nitrogen and oxygen atoms in total. The molecule has 0 saturated heterocycles. The molecular formula is C19H26O4. The number of rotatable bonds is 0. The number of Topliss-reactive ketones (excluding diaryl/α,β-unsaturated/α-hetero) is 1. The first-order valence-electron chi connectivity index (χ1n) is 8.92. The van der Waals surface area contributed by atoms with Crippen molar-refractivity contribution in [2.24, 2.45) is 28.6 Å². The molecule has 0 bridgehead atoms. The average molecular weight is 318 g/mol. The predicted octanol–water partition coefficient (Wildman–Crippen LogP) is 2.03. The molecule has 0 aliphatic heterocycles. The third-order valence-electron chi connectivity index (χ3n) is 7.63. The Hall–Kier alpha value is -1.00. The van der Waals surface area contributed by atoms with Gasteiger partial charge in [0.05, 0.1) is 12.2 Å². The van der Waals surface area contributed by atoms with E-state index in [1.54, 1.807) is 6.08 Å². The average Bonchev–Trinajstić information content (AvgIpc) is 2.71. The summed E-state index contributed by atoms with van der Waals surface area (Å²) in [5.41, 5.74) is 0.487. The first-order valence-corrected chi connectivity index (χ1v) is 8.92. The van der Waals surface area contributed by atoms with Crippen LogP contribution in [0.5, 0.6) is 0 Å². The Labute approximate surface area is 137 Å². The van der Waals surface area contributed by atoms with Crippen LogP contribution in [-0.4, -0.2) is 34.0 Å². The standard InChI is InChI=1S/C19H26O4/c1-18-5-3-11(20)7-10(18)8-13(21)16-12(18)4-6-19(2)15(23)9-14(22)17(16)19/h8,11-12,14,16-17,20,22H,3-7,9H2,1-2H3/t11-,12?,14-,16?,17?,18-,19+/m0/s1. The van der Waals surface area contributed by atoms with Gasteiger partial charge < -0.3 is 10.2 Å². The molecule has 4 aliphatic carbocycles. The fourth-order valence-corrected chi connectivity index (χ4v) is 6.21. The number of hydrogen-bond acceptors (Lipinski definition) is 4. The van der Waals surface area contributed by atoms with Gasteiger partial charge in [-0.3, -0.25) is 9.59 Å². The normalized spacial score (nSPS) is 52.5. The van der Waals surface area contributed by atoms with Crippen LogP contribution in [0, 0.1) is 28.6 Å². The van der Waals surface area contributed by atoms with E-state index in [0.29, 0.717) is 6.42 Å². The van der Waals surface area contributed by atoms with Crippen LogP contribution < -0.4 is 0 Å². The summed E-state index contributed by atoms with van der Waals surface area (Å²) in [5.74, 6) is -0.0791. The third kappa shape index (κ3) is 1.91. The minimum Gasteiger partial charge on any atom is -0.393 e. The van der Waals surface area contributed by atoms with E-state index in [-0.39, 0.29) is 47.3 Å². The SMILES string of the molecule is C[C@]12CC[C@H](O)CC1=CC(=O)C1C2CC[C@]2(C)C(=O)C[C@H](O)C12. The lowest BCUT2D eigenvalue weighted by molar-refractivity contribution is -0.143. The highest BCUT2D eigenvalue weighted by atomic mass is 16.3. The molecule has 23 heavy (non-hydrogen) atoms. The van der Waals surface area contributed by atoms with Crippen molar-refractivity contribution < 1.29 is 19.8 Å². The molecule has 4 heteroatoms. The Bertz CT molecular complexity index is 608. The Morgan fingerprint density at radius 2 is 1.74 bits per heavy atom. The second-order valence-electron chi connectivity index (χ2n) is 8.69. The van der Waals surface area contributed by atoms with E-state index in [9.17, 15) is 19.8 Å². The van der Waals surface area contributed by atoms with Crippen molar-refractivity contribution >= 4 is 11.6 Å². The number of aliphatic hydroxyl groups is 2. The minimum atomic E-state index is -0.683. The van der Waals surface area contributed by atoms with Crippen LogP contribution in [0.15, 0.2) is 11.6 Å². The number of hydrogen-bond donors (Lipinski definition) is 2. The van der Waals surface area contributed by atoms with Gasteiger partial charge in [-0.2, -0.15) is 0 Å². The van der Waals surface area contributed by atoms with Gasteiger partial charge in [0.1, 0.15) is 5.78 Å². The third-order valence-corrected chi connectivity index (χ3v) is 7.63. The highest BCUT2D eigenvalue weighted by molar-refractivity contribution is 5.97. The molecule has 0 radical (unpaired) electrons. The highest BCUT2D eigenvalue weighted by Gasteiger charge is 2.63. The number of allylic oxidation sites excluding steroid dienone is 1. The molecule has 0 amide bonds. The second kappa shape index (κ2) is 4.76. The molecule has 2 N–H and O–H groups in total. The maximum absolute atomic E-state index is 12.9. The van der Waals surface area contributed by atoms with Crippen LogP contribution in [0.1, 0.15) is 52.4 Å². The Balaban J connectivity index is 1.79. The molecular weight excluding hydrogens is 292 g/mol. The van der Waals surface area contributed by atoms with Gasteiger partial charge in [-0.1, -0.05) is 19.4 Å². The fraction of sp³-hybridized carbons (Fsp3) is 0.789. The summed E-state index contributed by atoms with van der Waals surface area (Å²) in [7, 11) is 0. The molecule has 7 atom stereocenters. The summed E-state index contributed by atoms with van der Waals surface area (Å²) < 4.78 is 0. The summed E-state index contributed by atoms with van der Waals surface area (Å²) >= 11 is 0. The number of aliphatic hydroxyl groups excluding tert-OH is 2. The van der Waals surface area contributed by atoms with Crippen LogP contribution in [0.2, 0.25) is 0 Å². The highest BCUT2D eigenvalue weighted by Crippen LogP contribution is 2.63. The number of fused-ring (bicyclic) bond motifs is 5. The van der Waals surface area contributed by atoms with Gasteiger partial charge in [0.2, 0.25) is 0 Å². The minimum absolute atomic E-state index is 0.0650. The lowest BCUT2D eigenvalue weighted by Crippen LogP contribution is -2.55. The topological polar surface area (TPSA) is 74.6 Å². The first kappa shape index (κ1) is 15.5. The van der Waals surface area contributed by atoms with Crippen molar-refractivity contribution in [2.75, 3.05) is 0 Å². The summed E-state index contributed by atoms with van der Waals surface area (Å²) in [4.78, 5) is 25.3. The molecule has 3 saturated carbocycles. The van der Waals surface area contributed by atoms with Crippen molar-refractivity contribution in [3.05, 3.63) is 11.6 Å². The van der Waals surface area contributed by atoms with Crippen molar-refractivity contribution in [3.8, 4) is 0 Å². The van der Waals surface area contributed by atoms with Crippen molar-refractivity contribution in [1.82, 2.24) is 0 Å². The zero-order chi connectivity index (χ0) is 16.6. The van der Waals surface area contributed by atoms with Gasteiger partial charge >= 0.3 is 0 Å². The van der Waals surface area contributed by atoms with Gasteiger partial charge in [0.15, 0.2) is 5.78 Å². The number of carbonyl (C=O) groups is 2. The molecule has 0 aromatic heterocycles. The smallest absolute Gasteiger partial charge is 0.159 e. The summed E-state index contributed by atoms with van der Waals surface area (Å²) in [5, 5.41) is 20.5. The van der Waals surface area contributed by atoms with E-state index in [1.165, 1.54) is 0 Å². The maximum Gasteiger partial charge on any atom is 0.159 e. The lowest BCUT2D eigenvalue weighted by atomic mass is 9.47. The van der Waals surface area contributed by atoms with E-state index >= 15 is 0 Å². The van der Waals surface area contributed by atoms with Crippen LogP contribution >= 0.6 is 0 Å². The zero-order valence-electron chi connectivity index (χ0n) is 13.9. The fourth-order valence-electron chi connectivity index (χ4n) is 6.21. The molecule has 3 fully saturated rings. The van der Waals surface area contributed by atoms with Crippen LogP contribution in [0.3, 0.4) is 0 Å². The van der Waals surface area contributed by atoms with Gasteiger partial charge in [-0.05, 0) is 49.5 Å². The molecule has 0 spiro atoms. The maximum atomic E-state index is 12.9. The van der Waals surface area contributed by atoms with E-state index in [2.05, 4.69) is 6.92 Å². The Morgan fingerprint density at radius 1 is 1.04 bits per heavy atom. The van der Waals surface area contributed by atoms with E-state index in [1.807, 2.05) is 6.92 Å². The number of ketones is 2. The van der Waals surface area contributed by atoms with E-state index in [0.717, 1.165) is 31.3 Å². The van der Waals surface area contributed by atoms with Crippen molar-refractivity contribution in [1.29, 1.82) is 0 Å². The van der Waals surface area contributed by atoms with Gasteiger partial charge in [-0.25, -0.2) is 0 Å². The molecule has 0 heterocycles. The molecule has 0 aromatic rings. The quantitative estimate of drug-likeness (QED) is 0.717.